The van der Waals surface area contributed by atoms with Gasteiger partial charge in [0.15, 0.2) is 0 Å². The van der Waals surface area contributed by atoms with Crippen molar-refractivity contribution in [2.45, 2.75) is 24.9 Å². The Morgan fingerprint density at radius 1 is 0.842 bits per heavy atom. The molecule has 0 aromatic carbocycles. The summed E-state index contributed by atoms with van der Waals surface area (Å²) in [5, 5.41) is 7.85. The maximum Gasteiger partial charge on any atom is 0.505 e. The lowest BCUT2D eigenvalue weighted by Crippen LogP contribution is -2.60. The predicted molar refractivity (Wildman–Crippen MR) is 39.2 cm³/mol. The molecule has 3 nitrogen and oxygen atoms in total. The minimum atomic E-state index is -6.70. The molecule has 0 amide bonds. The fourth-order valence-electron chi connectivity index (χ4n) is 1.20. The van der Waals surface area contributed by atoms with Gasteiger partial charge in [0.2, 0.25) is 0 Å². The third-order valence-corrected chi connectivity index (χ3v) is 2.15. The van der Waals surface area contributed by atoms with Crippen molar-refractivity contribution in [1.82, 2.24) is 0 Å². The van der Waals surface area contributed by atoms with Crippen molar-refractivity contribution in [3.63, 3.8) is 0 Å². The zero-order chi connectivity index (χ0) is 15.7. The van der Waals surface area contributed by atoms with Crippen LogP contribution in [0.2, 0.25) is 0 Å². The molecule has 0 heterocycles. The van der Waals surface area contributed by atoms with Gasteiger partial charge in [0.25, 0.3) is 5.41 Å². The smallest absolute Gasteiger partial charge is 0.450 e. The highest BCUT2D eigenvalue weighted by Crippen LogP contribution is 2.61. The van der Waals surface area contributed by atoms with Crippen molar-refractivity contribution in [3.05, 3.63) is 0 Å². The van der Waals surface area contributed by atoms with Gasteiger partial charge in [-0.25, -0.2) is 4.79 Å². The molecule has 0 bridgehead atoms. The standard InChI is InChI=1S/C7H5F9O3/c8-5(9,10)4(6(11,12)13,7(14,15)16)1-2-19-3(17)18/h1-2H2,(H,17,18). The van der Waals surface area contributed by atoms with Gasteiger partial charge in [-0.05, 0) is 0 Å². The lowest BCUT2D eigenvalue weighted by molar-refractivity contribution is -0.429. The molecule has 0 unspecified atom stereocenters. The summed E-state index contributed by atoms with van der Waals surface area (Å²) in [7, 11) is 0. The van der Waals surface area contributed by atoms with Crippen LogP contribution in [0.3, 0.4) is 0 Å². The topological polar surface area (TPSA) is 46.5 Å². The molecule has 19 heavy (non-hydrogen) atoms. The second-order valence-electron chi connectivity index (χ2n) is 3.26. The lowest BCUT2D eigenvalue weighted by Gasteiger charge is -2.38. The summed E-state index contributed by atoms with van der Waals surface area (Å²) >= 11 is 0. The van der Waals surface area contributed by atoms with Gasteiger partial charge in [-0.15, -0.1) is 0 Å². The van der Waals surface area contributed by atoms with E-state index in [0.717, 1.165) is 0 Å². The van der Waals surface area contributed by atoms with Gasteiger partial charge in [0.1, 0.15) is 0 Å². The molecule has 0 spiro atoms. The average molecular weight is 308 g/mol. The molecule has 0 radical (unpaired) electrons. The van der Waals surface area contributed by atoms with E-state index in [4.69, 9.17) is 5.11 Å². The van der Waals surface area contributed by atoms with Crippen molar-refractivity contribution in [2.75, 3.05) is 6.61 Å². The Morgan fingerprint density at radius 3 is 1.37 bits per heavy atom. The number of alkyl halides is 9. The zero-order valence-electron chi connectivity index (χ0n) is 8.58. The summed E-state index contributed by atoms with van der Waals surface area (Å²) in [5.41, 5.74) is -6.04. The Labute approximate surface area is 98.5 Å². The van der Waals surface area contributed by atoms with Crippen molar-refractivity contribution in [2.24, 2.45) is 5.41 Å². The first-order valence-electron chi connectivity index (χ1n) is 4.22. The first kappa shape index (κ1) is 17.6. The monoisotopic (exact) mass is 308 g/mol. The summed E-state index contributed by atoms with van der Waals surface area (Å²) < 4.78 is 114. The number of hydrogen-bond acceptors (Lipinski definition) is 2. The molecule has 0 fully saturated rings. The summed E-state index contributed by atoms with van der Waals surface area (Å²) in [6.45, 7) is -1.91. The highest BCUT2D eigenvalue weighted by atomic mass is 19.4. The molecule has 0 aliphatic carbocycles. The minimum absolute atomic E-state index is 1.91. The number of hydrogen-bond donors (Lipinski definition) is 1. The number of carbonyl (C=O) groups is 1. The van der Waals surface area contributed by atoms with E-state index in [-0.39, 0.29) is 0 Å². The van der Waals surface area contributed by atoms with Gasteiger partial charge in [0.05, 0.1) is 6.61 Å². The molecule has 0 aliphatic rings. The molecule has 0 aromatic rings. The normalized spacial score (nSPS) is 14.4. The Bertz CT molecular complexity index is 290. The number of halogens is 9. The van der Waals surface area contributed by atoms with Crippen molar-refractivity contribution in [3.8, 4) is 0 Å². The molecule has 114 valence electrons. The number of rotatable bonds is 3. The van der Waals surface area contributed by atoms with Crippen LogP contribution in [-0.4, -0.2) is 36.4 Å². The molecule has 12 heteroatoms. The van der Waals surface area contributed by atoms with E-state index >= 15 is 0 Å². The van der Waals surface area contributed by atoms with Crippen LogP contribution in [0, 0.1) is 5.41 Å². The predicted octanol–water partition coefficient (Wildman–Crippen LogP) is 3.74. The van der Waals surface area contributed by atoms with Crippen LogP contribution >= 0.6 is 0 Å². The SMILES string of the molecule is O=C(O)OCCC(C(F)(F)F)(C(F)(F)F)C(F)(F)F. The summed E-state index contributed by atoms with van der Waals surface area (Å²) in [6.07, 6.45) is -25.0. The van der Waals surface area contributed by atoms with Crippen LogP contribution in [0.4, 0.5) is 44.3 Å². The van der Waals surface area contributed by atoms with Crippen LogP contribution in [0.5, 0.6) is 0 Å². The highest BCUT2D eigenvalue weighted by molar-refractivity contribution is 5.56. The Morgan fingerprint density at radius 2 is 1.16 bits per heavy atom. The van der Waals surface area contributed by atoms with Gasteiger partial charge < -0.3 is 9.84 Å². The first-order valence-corrected chi connectivity index (χ1v) is 4.22. The molecule has 0 saturated heterocycles. The summed E-state index contributed by atoms with van der Waals surface area (Å²) in [6, 6.07) is 0. The fraction of sp³-hybridized carbons (Fsp3) is 0.857. The maximum absolute atomic E-state index is 12.2. The molecular weight excluding hydrogens is 303 g/mol. The number of ether oxygens (including phenoxy) is 1. The molecule has 0 aromatic heterocycles. The molecule has 0 aliphatic heterocycles. The average Bonchev–Trinajstić information content (AvgIpc) is 2.04. The highest BCUT2D eigenvalue weighted by Gasteiger charge is 2.83. The van der Waals surface area contributed by atoms with E-state index < -0.39 is 43.1 Å². The molecule has 0 rings (SSSR count). The second kappa shape index (κ2) is 4.96. The van der Waals surface area contributed by atoms with Crippen LogP contribution in [0.15, 0.2) is 0 Å². The maximum atomic E-state index is 12.2. The van der Waals surface area contributed by atoms with Crippen molar-refractivity contribution < 1.29 is 54.2 Å². The van der Waals surface area contributed by atoms with Crippen LogP contribution in [0.25, 0.3) is 0 Å². The summed E-state index contributed by atoms with van der Waals surface area (Å²) in [4.78, 5) is 9.77. The molecule has 0 saturated carbocycles. The molecule has 1 N–H and O–H groups in total. The van der Waals surface area contributed by atoms with Gasteiger partial charge in [-0.1, -0.05) is 0 Å². The molecular formula is C7H5F9O3. The van der Waals surface area contributed by atoms with E-state index in [0.29, 0.717) is 0 Å². The van der Waals surface area contributed by atoms with E-state index in [1.165, 1.54) is 0 Å². The van der Waals surface area contributed by atoms with Gasteiger partial charge >= 0.3 is 24.7 Å². The Hall–Kier alpha value is -1.36. The molecule has 0 atom stereocenters. The number of carboxylic acid groups (broad SMARTS) is 1. The van der Waals surface area contributed by atoms with Crippen LogP contribution in [-0.2, 0) is 4.74 Å². The van der Waals surface area contributed by atoms with Crippen LogP contribution in [0.1, 0.15) is 6.42 Å². The largest absolute Gasteiger partial charge is 0.505 e. The lowest BCUT2D eigenvalue weighted by atomic mass is 9.82. The first-order chi connectivity index (χ1) is 8.17. The van der Waals surface area contributed by atoms with E-state index in [1.807, 2.05) is 0 Å². The van der Waals surface area contributed by atoms with Crippen molar-refractivity contribution in [1.29, 1.82) is 0 Å². The zero-order valence-corrected chi connectivity index (χ0v) is 8.58. The third-order valence-electron chi connectivity index (χ3n) is 2.15. The second-order valence-corrected chi connectivity index (χ2v) is 3.26. The van der Waals surface area contributed by atoms with Gasteiger partial charge in [0, 0.05) is 6.42 Å². The van der Waals surface area contributed by atoms with Crippen LogP contribution < -0.4 is 0 Å². The van der Waals surface area contributed by atoms with E-state index in [9.17, 15) is 44.3 Å². The Balaban J connectivity index is 5.62. The third kappa shape index (κ3) is 3.35. The van der Waals surface area contributed by atoms with E-state index in [1.54, 1.807) is 0 Å². The Kier molecular flexibility index (Phi) is 4.61. The fourth-order valence-corrected chi connectivity index (χ4v) is 1.20. The van der Waals surface area contributed by atoms with E-state index in [2.05, 4.69) is 4.74 Å². The van der Waals surface area contributed by atoms with Gasteiger partial charge in [-0.3, -0.25) is 0 Å². The quantitative estimate of drug-likeness (QED) is 0.638. The van der Waals surface area contributed by atoms with Crippen molar-refractivity contribution >= 4 is 6.16 Å². The van der Waals surface area contributed by atoms with Gasteiger partial charge in [-0.2, -0.15) is 39.5 Å². The summed E-state index contributed by atoms with van der Waals surface area (Å²) in [5.74, 6) is 0. The minimum Gasteiger partial charge on any atom is -0.450 e.